The number of para-hydroxylation sites is 1. The summed E-state index contributed by atoms with van der Waals surface area (Å²) in [6.45, 7) is 2.22. The van der Waals surface area contributed by atoms with Crippen LogP contribution in [0.3, 0.4) is 0 Å². The minimum absolute atomic E-state index is 0.101. The zero-order valence-corrected chi connectivity index (χ0v) is 13.7. The quantitative estimate of drug-likeness (QED) is 0.941. The van der Waals surface area contributed by atoms with E-state index in [1.165, 1.54) is 6.92 Å². The van der Waals surface area contributed by atoms with E-state index in [0.717, 1.165) is 34.1 Å². The third-order valence-corrected chi connectivity index (χ3v) is 4.70. The van der Waals surface area contributed by atoms with E-state index in [1.54, 1.807) is 11.8 Å². The zero-order chi connectivity index (χ0) is 16.2. The van der Waals surface area contributed by atoms with Crippen LogP contribution in [0.15, 0.2) is 53.4 Å². The highest BCUT2D eigenvalue weighted by atomic mass is 32.2. The van der Waals surface area contributed by atoms with Gasteiger partial charge in [0, 0.05) is 29.8 Å². The van der Waals surface area contributed by atoms with Crippen molar-refractivity contribution in [1.29, 1.82) is 0 Å². The van der Waals surface area contributed by atoms with Crippen molar-refractivity contribution in [3.63, 3.8) is 0 Å². The molecule has 0 fully saturated rings. The molecule has 2 aromatic carbocycles. The van der Waals surface area contributed by atoms with Crippen LogP contribution in [0.4, 0.5) is 11.4 Å². The van der Waals surface area contributed by atoms with Crippen LogP contribution in [0.5, 0.6) is 0 Å². The summed E-state index contributed by atoms with van der Waals surface area (Å²) in [5, 5.41) is 2.72. The lowest BCUT2D eigenvalue weighted by Crippen LogP contribution is -2.36. The maximum absolute atomic E-state index is 12.6. The first kappa shape index (κ1) is 15.6. The van der Waals surface area contributed by atoms with Crippen molar-refractivity contribution >= 4 is 35.0 Å². The summed E-state index contributed by atoms with van der Waals surface area (Å²) in [5.41, 5.74) is 2.69. The lowest BCUT2D eigenvalue weighted by atomic mass is 10.1. The fourth-order valence-electron chi connectivity index (χ4n) is 2.61. The molecular weight excluding hydrogens is 308 g/mol. The lowest BCUT2D eigenvalue weighted by molar-refractivity contribution is -0.118. The topological polar surface area (TPSA) is 49.4 Å². The van der Waals surface area contributed by atoms with Crippen molar-refractivity contribution in [2.24, 2.45) is 0 Å². The first-order valence-electron chi connectivity index (χ1n) is 7.52. The number of carbonyl (C=O) groups excluding carboxylic acids is 2. The average molecular weight is 326 g/mol. The predicted molar refractivity (Wildman–Crippen MR) is 94.0 cm³/mol. The van der Waals surface area contributed by atoms with Gasteiger partial charge in [0.2, 0.25) is 11.8 Å². The van der Waals surface area contributed by atoms with Crippen LogP contribution < -0.4 is 10.2 Å². The summed E-state index contributed by atoms with van der Waals surface area (Å²) in [4.78, 5) is 26.7. The fraction of sp³-hybridized carbons (Fsp3) is 0.222. The van der Waals surface area contributed by atoms with E-state index in [-0.39, 0.29) is 11.8 Å². The number of hydrogen-bond donors (Lipinski definition) is 1. The van der Waals surface area contributed by atoms with Gasteiger partial charge in [-0.2, -0.15) is 0 Å². The van der Waals surface area contributed by atoms with Crippen LogP contribution >= 0.6 is 11.8 Å². The number of nitrogens with one attached hydrogen (secondary N) is 1. The molecule has 0 atom stereocenters. The van der Waals surface area contributed by atoms with Crippen molar-refractivity contribution in [3.8, 4) is 0 Å². The average Bonchev–Trinajstić information content (AvgIpc) is 2.55. The van der Waals surface area contributed by atoms with Gasteiger partial charge in [-0.1, -0.05) is 24.3 Å². The summed E-state index contributed by atoms with van der Waals surface area (Å²) in [6, 6.07) is 15.4. The second-order valence-electron chi connectivity index (χ2n) is 5.42. The summed E-state index contributed by atoms with van der Waals surface area (Å²) in [6.07, 6.45) is 0.360. The highest BCUT2D eigenvalue weighted by Gasteiger charge is 2.22. The third-order valence-electron chi connectivity index (χ3n) is 3.66. The molecule has 118 valence electrons. The summed E-state index contributed by atoms with van der Waals surface area (Å²) >= 11 is 1.79. The number of carbonyl (C=O) groups is 2. The van der Waals surface area contributed by atoms with Gasteiger partial charge in [-0.3, -0.25) is 9.59 Å². The molecule has 0 bridgehead atoms. The van der Waals surface area contributed by atoms with E-state index in [1.807, 2.05) is 47.4 Å². The smallest absolute Gasteiger partial charge is 0.231 e. The number of amides is 2. The van der Waals surface area contributed by atoms with E-state index < -0.39 is 0 Å². The highest BCUT2D eigenvalue weighted by molar-refractivity contribution is 7.99. The van der Waals surface area contributed by atoms with E-state index in [4.69, 9.17) is 0 Å². The second kappa shape index (κ2) is 6.87. The zero-order valence-electron chi connectivity index (χ0n) is 12.9. The Morgan fingerprint density at radius 3 is 2.61 bits per heavy atom. The van der Waals surface area contributed by atoms with Crippen LogP contribution in [0.25, 0.3) is 0 Å². The number of anilines is 2. The molecule has 2 amide bonds. The molecule has 0 aromatic heterocycles. The Labute approximate surface area is 139 Å². The van der Waals surface area contributed by atoms with E-state index in [9.17, 15) is 9.59 Å². The first-order chi connectivity index (χ1) is 11.1. The van der Waals surface area contributed by atoms with E-state index >= 15 is 0 Å². The van der Waals surface area contributed by atoms with Gasteiger partial charge in [-0.15, -0.1) is 11.8 Å². The molecule has 0 saturated heterocycles. The maximum Gasteiger partial charge on any atom is 0.231 e. The van der Waals surface area contributed by atoms with Crippen molar-refractivity contribution in [2.45, 2.75) is 18.2 Å². The van der Waals surface area contributed by atoms with Gasteiger partial charge in [0.05, 0.1) is 12.1 Å². The van der Waals surface area contributed by atoms with Crippen LogP contribution in [-0.2, 0) is 16.0 Å². The second-order valence-corrected chi connectivity index (χ2v) is 6.55. The number of nitrogens with zero attached hydrogens (tertiary/aromatic N) is 1. The fourth-order valence-corrected chi connectivity index (χ4v) is 3.60. The van der Waals surface area contributed by atoms with Gasteiger partial charge in [-0.25, -0.2) is 0 Å². The molecule has 0 aliphatic carbocycles. The third kappa shape index (κ3) is 3.74. The Bertz CT molecular complexity index is 728. The summed E-state index contributed by atoms with van der Waals surface area (Å²) in [7, 11) is 0. The molecule has 1 aliphatic heterocycles. The number of hydrogen-bond acceptors (Lipinski definition) is 3. The van der Waals surface area contributed by atoms with Gasteiger partial charge >= 0.3 is 0 Å². The Kier molecular flexibility index (Phi) is 4.67. The Morgan fingerprint density at radius 2 is 1.87 bits per heavy atom. The molecule has 23 heavy (non-hydrogen) atoms. The molecule has 4 nitrogen and oxygen atoms in total. The predicted octanol–water partition coefficient (Wildman–Crippen LogP) is 3.33. The Hall–Kier alpha value is -2.27. The molecule has 5 heteroatoms. The van der Waals surface area contributed by atoms with Crippen molar-refractivity contribution in [2.75, 3.05) is 22.5 Å². The van der Waals surface area contributed by atoms with Gasteiger partial charge in [0.1, 0.15) is 0 Å². The van der Waals surface area contributed by atoms with Gasteiger partial charge in [0.25, 0.3) is 0 Å². The van der Waals surface area contributed by atoms with Crippen LogP contribution in [0.1, 0.15) is 12.5 Å². The van der Waals surface area contributed by atoms with Crippen molar-refractivity contribution < 1.29 is 9.59 Å². The van der Waals surface area contributed by atoms with Crippen molar-refractivity contribution in [1.82, 2.24) is 0 Å². The van der Waals surface area contributed by atoms with Gasteiger partial charge in [-0.05, 0) is 29.8 Å². The minimum Gasteiger partial charge on any atom is -0.326 e. The standard InChI is InChI=1S/C18H18N2O2S/c1-13(21)19-15-8-6-14(7-9-15)12-18(22)20-10-11-23-17-5-3-2-4-16(17)20/h2-9H,10-12H2,1H3,(H,19,21). The highest BCUT2D eigenvalue weighted by Crippen LogP contribution is 2.34. The number of fused-ring (bicyclic) bond motifs is 1. The number of rotatable bonds is 3. The van der Waals surface area contributed by atoms with E-state index in [2.05, 4.69) is 11.4 Å². The molecule has 0 radical (unpaired) electrons. The largest absolute Gasteiger partial charge is 0.326 e. The van der Waals surface area contributed by atoms with Gasteiger partial charge in [0.15, 0.2) is 0 Å². The monoisotopic (exact) mass is 326 g/mol. The van der Waals surface area contributed by atoms with Crippen molar-refractivity contribution in [3.05, 3.63) is 54.1 Å². The maximum atomic E-state index is 12.6. The molecule has 1 heterocycles. The molecule has 0 unspecified atom stereocenters. The van der Waals surface area contributed by atoms with Crippen LogP contribution in [-0.4, -0.2) is 24.1 Å². The number of benzene rings is 2. The molecule has 2 aromatic rings. The minimum atomic E-state index is -0.101. The molecule has 1 aliphatic rings. The Balaban J connectivity index is 1.71. The SMILES string of the molecule is CC(=O)Nc1ccc(CC(=O)N2CCSc3ccccc32)cc1. The summed E-state index contributed by atoms with van der Waals surface area (Å²) in [5.74, 6) is 0.922. The molecular formula is C18H18N2O2S. The molecule has 0 saturated carbocycles. The lowest BCUT2D eigenvalue weighted by Gasteiger charge is -2.29. The summed E-state index contributed by atoms with van der Waals surface area (Å²) < 4.78 is 0. The normalized spacial score (nSPS) is 13.3. The van der Waals surface area contributed by atoms with Crippen LogP contribution in [0, 0.1) is 0 Å². The first-order valence-corrected chi connectivity index (χ1v) is 8.51. The van der Waals surface area contributed by atoms with Gasteiger partial charge < -0.3 is 10.2 Å². The molecule has 0 spiro atoms. The molecule has 3 rings (SSSR count). The molecule has 1 N–H and O–H groups in total. The van der Waals surface area contributed by atoms with Crippen LogP contribution in [0.2, 0.25) is 0 Å². The van der Waals surface area contributed by atoms with E-state index in [0.29, 0.717) is 6.42 Å². The number of thioether (sulfide) groups is 1. The Morgan fingerprint density at radius 1 is 1.13 bits per heavy atom.